The highest BCUT2D eigenvalue weighted by Gasteiger charge is 2.22. The largest absolute Gasteiger partial charge is 0.508 e. The minimum Gasteiger partial charge on any atom is -0.508 e. The fourth-order valence-corrected chi connectivity index (χ4v) is 3.24. The molecule has 19 heavy (non-hydrogen) atoms. The summed E-state index contributed by atoms with van der Waals surface area (Å²) in [6.07, 6.45) is 1.27. The standard InChI is InChI=1S/C15H16BrNO2/c16-14-4-3-12(15-8-10(19)5-6-17-15)13-7-9(18)1-2-11(13)14/h1-4,7,10,15,17-19H,5-6,8H2/t10-,15-/m0/s1. The van der Waals surface area contributed by atoms with Crippen LogP contribution in [-0.2, 0) is 0 Å². The number of rotatable bonds is 1. The van der Waals surface area contributed by atoms with E-state index in [9.17, 15) is 10.2 Å². The van der Waals surface area contributed by atoms with E-state index in [0.717, 1.165) is 33.8 Å². The maximum atomic E-state index is 9.82. The van der Waals surface area contributed by atoms with Gasteiger partial charge in [-0.15, -0.1) is 0 Å². The van der Waals surface area contributed by atoms with Crippen LogP contribution in [0, 0.1) is 0 Å². The molecule has 1 aliphatic rings. The third-order valence-electron chi connectivity index (χ3n) is 3.73. The zero-order valence-electron chi connectivity index (χ0n) is 10.4. The van der Waals surface area contributed by atoms with Crippen LogP contribution in [0.1, 0.15) is 24.4 Å². The van der Waals surface area contributed by atoms with Crippen molar-refractivity contribution in [2.24, 2.45) is 0 Å². The summed E-state index contributed by atoms with van der Waals surface area (Å²) in [6.45, 7) is 0.822. The van der Waals surface area contributed by atoms with E-state index in [-0.39, 0.29) is 17.9 Å². The van der Waals surface area contributed by atoms with Crippen molar-refractivity contribution in [2.75, 3.05) is 6.54 Å². The maximum Gasteiger partial charge on any atom is 0.116 e. The lowest BCUT2D eigenvalue weighted by atomic mass is 9.91. The van der Waals surface area contributed by atoms with Crippen LogP contribution in [0.5, 0.6) is 5.75 Å². The lowest BCUT2D eigenvalue weighted by Gasteiger charge is -2.28. The Morgan fingerprint density at radius 1 is 1.16 bits per heavy atom. The molecular formula is C15H16BrNO2. The first-order valence-corrected chi connectivity index (χ1v) is 7.27. The van der Waals surface area contributed by atoms with Gasteiger partial charge in [-0.1, -0.05) is 22.0 Å². The number of phenolic OH excluding ortho intramolecular Hbond substituents is 1. The Morgan fingerprint density at radius 3 is 2.79 bits per heavy atom. The molecular weight excluding hydrogens is 306 g/mol. The number of phenols is 1. The van der Waals surface area contributed by atoms with Crippen LogP contribution in [-0.4, -0.2) is 22.9 Å². The number of piperidine rings is 1. The predicted octanol–water partition coefficient (Wildman–Crippen LogP) is 3.09. The first kappa shape index (κ1) is 12.9. The van der Waals surface area contributed by atoms with E-state index in [2.05, 4.69) is 27.3 Å². The SMILES string of the molecule is Oc1ccc2c(Br)ccc([C@@H]3C[C@@H](O)CCN3)c2c1. The molecule has 0 saturated carbocycles. The van der Waals surface area contributed by atoms with Crippen LogP contribution in [0.15, 0.2) is 34.8 Å². The van der Waals surface area contributed by atoms with Crippen molar-refractivity contribution in [3.8, 4) is 5.75 Å². The van der Waals surface area contributed by atoms with Crippen LogP contribution in [0.3, 0.4) is 0 Å². The predicted molar refractivity (Wildman–Crippen MR) is 79.3 cm³/mol. The van der Waals surface area contributed by atoms with E-state index < -0.39 is 0 Å². The first-order chi connectivity index (χ1) is 9.15. The third-order valence-corrected chi connectivity index (χ3v) is 4.42. The van der Waals surface area contributed by atoms with Crippen LogP contribution >= 0.6 is 15.9 Å². The molecule has 1 aliphatic heterocycles. The quantitative estimate of drug-likeness (QED) is 0.756. The fourth-order valence-electron chi connectivity index (χ4n) is 2.76. The summed E-state index contributed by atoms with van der Waals surface area (Å²) >= 11 is 3.54. The number of halogens is 1. The van der Waals surface area contributed by atoms with Crippen molar-refractivity contribution in [3.05, 3.63) is 40.4 Å². The van der Waals surface area contributed by atoms with Gasteiger partial charge in [0.1, 0.15) is 5.75 Å². The Morgan fingerprint density at radius 2 is 2.00 bits per heavy atom. The normalized spacial score (nSPS) is 23.7. The number of aliphatic hydroxyl groups excluding tert-OH is 1. The van der Waals surface area contributed by atoms with Gasteiger partial charge in [0.15, 0.2) is 0 Å². The molecule has 4 heteroatoms. The molecule has 1 heterocycles. The molecule has 2 aromatic rings. The molecule has 1 fully saturated rings. The van der Waals surface area contributed by atoms with Crippen molar-refractivity contribution in [1.29, 1.82) is 0 Å². The molecule has 1 saturated heterocycles. The minimum absolute atomic E-state index is 0.140. The smallest absolute Gasteiger partial charge is 0.116 e. The van der Waals surface area contributed by atoms with Crippen LogP contribution < -0.4 is 5.32 Å². The van der Waals surface area contributed by atoms with Crippen LogP contribution in [0.25, 0.3) is 10.8 Å². The van der Waals surface area contributed by atoms with E-state index in [1.807, 2.05) is 12.1 Å². The second-order valence-corrected chi connectivity index (χ2v) is 5.91. The summed E-state index contributed by atoms with van der Waals surface area (Å²) in [5, 5.41) is 25.1. The fraction of sp³-hybridized carbons (Fsp3) is 0.333. The molecule has 2 aromatic carbocycles. The monoisotopic (exact) mass is 321 g/mol. The van der Waals surface area contributed by atoms with Gasteiger partial charge < -0.3 is 15.5 Å². The van der Waals surface area contributed by atoms with Crippen molar-refractivity contribution in [3.63, 3.8) is 0 Å². The van der Waals surface area contributed by atoms with Gasteiger partial charge in [-0.05, 0) is 60.0 Å². The van der Waals surface area contributed by atoms with Crippen molar-refractivity contribution >= 4 is 26.7 Å². The van der Waals surface area contributed by atoms with E-state index in [1.54, 1.807) is 12.1 Å². The van der Waals surface area contributed by atoms with Gasteiger partial charge in [-0.2, -0.15) is 0 Å². The van der Waals surface area contributed by atoms with Crippen LogP contribution in [0.2, 0.25) is 0 Å². The molecule has 0 aliphatic carbocycles. The van der Waals surface area contributed by atoms with Crippen LogP contribution in [0.4, 0.5) is 0 Å². The zero-order valence-corrected chi connectivity index (χ0v) is 12.0. The van der Waals surface area contributed by atoms with Gasteiger partial charge in [-0.25, -0.2) is 0 Å². The Balaban J connectivity index is 2.12. The zero-order chi connectivity index (χ0) is 13.4. The lowest BCUT2D eigenvalue weighted by molar-refractivity contribution is 0.117. The van der Waals surface area contributed by atoms with Crippen molar-refractivity contribution in [2.45, 2.75) is 25.0 Å². The number of aromatic hydroxyl groups is 1. The van der Waals surface area contributed by atoms with Gasteiger partial charge in [0, 0.05) is 10.5 Å². The Bertz CT molecular complexity index is 614. The Hall–Kier alpha value is -1.10. The highest BCUT2D eigenvalue weighted by atomic mass is 79.9. The summed E-state index contributed by atoms with van der Waals surface area (Å²) in [5.41, 5.74) is 1.13. The molecule has 3 N–H and O–H groups in total. The Labute approximate surface area is 120 Å². The third kappa shape index (κ3) is 2.48. The maximum absolute atomic E-state index is 9.82. The first-order valence-electron chi connectivity index (χ1n) is 6.48. The lowest BCUT2D eigenvalue weighted by Crippen LogP contribution is -2.34. The number of hydrogen-bond donors (Lipinski definition) is 3. The number of hydrogen-bond acceptors (Lipinski definition) is 3. The van der Waals surface area contributed by atoms with E-state index in [1.165, 1.54) is 0 Å². The molecule has 0 radical (unpaired) electrons. The average Bonchev–Trinajstić information content (AvgIpc) is 2.39. The number of nitrogens with one attached hydrogen (secondary N) is 1. The molecule has 2 atom stereocenters. The van der Waals surface area contributed by atoms with Gasteiger partial charge in [-0.3, -0.25) is 0 Å². The Kier molecular flexibility index (Phi) is 3.48. The summed E-state index contributed by atoms with van der Waals surface area (Å²) in [5.74, 6) is 0.267. The second kappa shape index (κ2) is 5.12. The van der Waals surface area contributed by atoms with Crippen molar-refractivity contribution < 1.29 is 10.2 Å². The molecule has 3 nitrogen and oxygen atoms in total. The topological polar surface area (TPSA) is 52.5 Å². The van der Waals surface area contributed by atoms with Gasteiger partial charge in [0.25, 0.3) is 0 Å². The van der Waals surface area contributed by atoms with E-state index in [4.69, 9.17) is 0 Å². The summed E-state index contributed by atoms with van der Waals surface area (Å²) in [7, 11) is 0. The molecule has 0 unspecified atom stereocenters. The number of fused-ring (bicyclic) bond motifs is 1. The molecule has 100 valence electrons. The molecule has 3 rings (SSSR count). The second-order valence-electron chi connectivity index (χ2n) is 5.05. The number of aliphatic hydroxyl groups is 1. The highest BCUT2D eigenvalue weighted by Crippen LogP contribution is 2.35. The van der Waals surface area contributed by atoms with Gasteiger partial charge in [0.2, 0.25) is 0 Å². The number of benzene rings is 2. The summed E-state index contributed by atoms with van der Waals surface area (Å²) < 4.78 is 1.02. The summed E-state index contributed by atoms with van der Waals surface area (Å²) in [4.78, 5) is 0. The van der Waals surface area contributed by atoms with E-state index >= 15 is 0 Å². The molecule has 0 bridgehead atoms. The molecule has 0 aromatic heterocycles. The highest BCUT2D eigenvalue weighted by molar-refractivity contribution is 9.10. The van der Waals surface area contributed by atoms with Gasteiger partial charge in [0.05, 0.1) is 6.10 Å². The summed E-state index contributed by atoms with van der Waals surface area (Å²) in [6, 6.07) is 9.62. The van der Waals surface area contributed by atoms with E-state index in [0.29, 0.717) is 6.42 Å². The van der Waals surface area contributed by atoms with Crippen molar-refractivity contribution in [1.82, 2.24) is 5.32 Å². The molecule has 0 amide bonds. The minimum atomic E-state index is -0.248. The molecule has 0 spiro atoms. The van der Waals surface area contributed by atoms with Gasteiger partial charge >= 0.3 is 0 Å². The average molecular weight is 322 g/mol.